The molecule has 19 heavy (non-hydrogen) atoms. The average molecular weight is 258 g/mol. The van der Waals surface area contributed by atoms with Crippen LogP contribution in [0.1, 0.15) is 23.0 Å². The van der Waals surface area contributed by atoms with E-state index in [4.69, 9.17) is 9.15 Å². The van der Waals surface area contributed by atoms with E-state index in [9.17, 15) is 4.79 Å². The number of hydrogen-bond acceptors (Lipinski definition) is 4. The minimum absolute atomic E-state index is 0.222. The highest BCUT2D eigenvalue weighted by Crippen LogP contribution is 2.11. The standard InChI is InChI=1S/C14H14N2O3/c1-2-18-12-6-3-5-11(9-12)10-15-16-14(17)13-7-4-8-19-13/h3-10H,2H2,1H3,(H,16,17)/b15-10+. The van der Waals surface area contributed by atoms with E-state index in [1.807, 2.05) is 31.2 Å². The lowest BCUT2D eigenvalue weighted by molar-refractivity contribution is 0.0927. The van der Waals surface area contributed by atoms with Gasteiger partial charge in [-0.1, -0.05) is 12.1 Å². The molecule has 0 saturated heterocycles. The van der Waals surface area contributed by atoms with E-state index < -0.39 is 0 Å². The van der Waals surface area contributed by atoms with Gasteiger partial charge in [-0.25, -0.2) is 5.43 Å². The predicted molar refractivity (Wildman–Crippen MR) is 71.4 cm³/mol. The molecule has 0 atom stereocenters. The zero-order valence-corrected chi connectivity index (χ0v) is 10.5. The number of carbonyl (C=O) groups is 1. The molecule has 0 saturated carbocycles. The van der Waals surface area contributed by atoms with Crippen LogP contribution < -0.4 is 10.2 Å². The normalized spacial score (nSPS) is 10.6. The quantitative estimate of drug-likeness (QED) is 0.661. The molecule has 0 radical (unpaired) electrons. The molecule has 0 unspecified atom stereocenters. The molecule has 0 aliphatic rings. The third-order valence-corrected chi connectivity index (χ3v) is 2.29. The highest BCUT2D eigenvalue weighted by molar-refractivity contribution is 5.92. The Morgan fingerprint density at radius 2 is 2.32 bits per heavy atom. The van der Waals surface area contributed by atoms with Crippen LogP contribution >= 0.6 is 0 Å². The maximum Gasteiger partial charge on any atom is 0.307 e. The summed E-state index contributed by atoms with van der Waals surface area (Å²) in [6, 6.07) is 10.6. The van der Waals surface area contributed by atoms with Gasteiger partial charge in [-0.3, -0.25) is 4.79 Å². The number of benzene rings is 1. The molecule has 1 amide bonds. The minimum atomic E-state index is -0.387. The Balaban J connectivity index is 1.95. The number of amides is 1. The van der Waals surface area contributed by atoms with Gasteiger partial charge in [0.05, 0.1) is 19.1 Å². The summed E-state index contributed by atoms with van der Waals surface area (Å²) in [5, 5.41) is 3.86. The van der Waals surface area contributed by atoms with Crippen LogP contribution in [0.2, 0.25) is 0 Å². The lowest BCUT2D eigenvalue weighted by Crippen LogP contribution is -2.16. The Bertz CT molecular complexity index is 562. The molecule has 98 valence electrons. The number of nitrogens with one attached hydrogen (secondary N) is 1. The van der Waals surface area contributed by atoms with Gasteiger partial charge in [0.15, 0.2) is 5.76 Å². The second-order valence-electron chi connectivity index (χ2n) is 3.68. The summed E-state index contributed by atoms with van der Waals surface area (Å²) < 4.78 is 10.3. The van der Waals surface area contributed by atoms with Crippen molar-refractivity contribution < 1.29 is 13.9 Å². The van der Waals surface area contributed by atoms with E-state index in [0.29, 0.717) is 6.61 Å². The number of ether oxygens (including phenoxy) is 1. The van der Waals surface area contributed by atoms with Crippen molar-refractivity contribution in [1.82, 2.24) is 5.43 Å². The highest BCUT2D eigenvalue weighted by atomic mass is 16.5. The van der Waals surface area contributed by atoms with Gasteiger partial charge in [0, 0.05) is 0 Å². The fourth-order valence-corrected chi connectivity index (χ4v) is 1.48. The SMILES string of the molecule is CCOc1cccc(/C=N/NC(=O)c2ccco2)c1. The van der Waals surface area contributed by atoms with E-state index in [0.717, 1.165) is 11.3 Å². The molecule has 2 aromatic rings. The summed E-state index contributed by atoms with van der Waals surface area (Å²) in [4.78, 5) is 11.5. The molecule has 0 spiro atoms. The number of furan rings is 1. The van der Waals surface area contributed by atoms with Gasteiger partial charge in [-0.2, -0.15) is 5.10 Å². The van der Waals surface area contributed by atoms with Crippen molar-refractivity contribution >= 4 is 12.1 Å². The summed E-state index contributed by atoms with van der Waals surface area (Å²) in [5.74, 6) is 0.603. The topological polar surface area (TPSA) is 63.8 Å². The van der Waals surface area contributed by atoms with Crippen LogP contribution in [0.25, 0.3) is 0 Å². The van der Waals surface area contributed by atoms with Crippen molar-refractivity contribution in [3.05, 3.63) is 54.0 Å². The second kappa shape index (κ2) is 6.39. The van der Waals surface area contributed by atoms with Gasteiger partial charge in [0.1, 0.15) is 5.75 Å². The van der Waals surface area contributed by atoms with E-state index in [1.54, 1.807) is 18.3 Å². The van der Waals surface area contributed by atoms with Gasteiger partial charge in [-0.05, 0) is 36.8 Å². The number of hydrogen-bond donors (Lipinski definition) is 1. The monoisotopic (exact) mass is 258 g/mol. The summed E-state index contributed by atoms with van der Waals surface area (Å²) in [5.41, 5.74) is 3.22. The van der Waals surface area contributed by atoms with Crippen LogP contribution in [-0.4, -0.2) is 18.7 Å². The first-order valence-electron chi connectivity index (χ1n) is 5.89. The zero-order chi connectivity index (χ0) is 13.5. The summed E-state index contributed by atoms with van der Waals surface area (Å²) >= 11 is 0. The van der Waals surface area contributed by atoms with Crippen molar-refractivity contribution in [3.8, 4) is 5.75 Å². The first-order chi connectivity index (χ1) is 9.29. The van der Waals surface area contributed by atoms with Crippen LogP contribution in [0, 0.1) is 0 Å². The van der Waals surface area contributed by atoms with Crippen molar-refractivity contribution in [2.75, 3.05) is 6.61 Å². The van der Waals surface area contributed by atoms with E-state index >= 15 is 0 Å². The van der Waals surface area contributed by atoms with Gasteiger partial charge >= 0.3 is 5.91 Å². The third-order valence-electron chi connectivity index (χ3n) is 2.29. The average Bonchev–Trinajstić information content (AvgIpc) is 2.93. The van der Waals surface area contributed by atoms with Crippen molar-refractivity contribution in [3.63, 3.8) is 0 Å². The highest BCUT2D eigenvalue weighted by Gasteiger charge is 2.05. The third kappa shape index (κ3) is 3.70. The van der Waals surface area contributed by atoms with Gasteiger partial charge in [0.2, 0.25) is 0 Å². The van der Waals surface area contributed by atoms with Crippen LogP contribution in [0.3, 0.4) is 0 Å². The van der Waals surface area contributed by atoms with Crippen LogP contribution in [0.4, 0.5) is 0 Å². The second-order valence-corrected chi connectivity index (χ2v) is 3.68. The maximum atomic E-state index is 11.5. The molecule has 5 heteroatoms. The summed E-state index contributed by atoms with van der Waals surface area (Å²) in [7, 11) is 0. The molecule has 0 aliphatic carbocycles. The molecule has 1 heterocycles. The minimum Gasteiger partial charge on any atom is -0.494 e. The fraction of sp³-hybridized carbons (Fsp3) is 0.143. The molecular weight excluding hydrogens is 244 g/mol. The van der Waals surface area contributed by atoms with Crippen molar-refractivity contribution in [2.45, 2.75) is 6.92 Å². The van der Waals surface area contributed by atoms with Gasteiger partial charge in [0.25, 0.3) is 0 Å². The Hall–Kier alpha value is -2.56. The molecular formula is C14H14N2O3. The first-order valence-corrected chi connectivity index (χ1v) is 5.89. The molecule has 1 aromatic heterocycles. The molecule has 2 rings (SSSR count). The maximum absolute atomic E-state index is 11.5. The fourth-order valence-electron chi connectivity index (χ4n) is 1.48. The van der Waals surface area contributed by atoms with E-state index in [-0.39, 0.29) is 11.7 Å². The van der Waals surface area contributed by atoms with Crippen LogP contribution in [0.5, 0.6) is 5.75 Å². The number of rotatable bonds is 5. The van der Waals surface area contributed by atoms with Crippen LogP contribution in [0.15, 0.2) is 52.2 Å². The molecule has 5 nitrogen and oxygen atoms in total. The number of nitrogens with zero attached hydrogens (tertiary/aromatic N) is 1. The van der Waals surface area contributed by atoms with Crippen molar-refractivity contribution in [2.24, 2.45) is 5.10 Å². The Morgan fingerprint density at radius 1 is 1.42 bits per heavy atom. The first kappa shape index (κ1) is 12.9. The lowest BCUT2D eigenvalue weighted by atomic mass is 10.2. The van der Waals surface area contributed by atoms with Gasteiger partial charge in [-0.15, -0.1) is 0 Å². The summed E-state index contributed by atoms with van der Waals surface area (Å²) in [6.07, 6.45) is 2.98. The molecule has 1 aromatic carbocycles. The zero-order valence-electron chi connectivity index (χ0n) is 10.5. The smallest absolute Gasteiger partial charge is 0.307 e. The predicted octanol–water partition coefficient (Wildman–Crippen LogP) is 2.44. The molecule has 0 bridgehead atoms. The Kier molecular flexibility index (Phi) is 4.34. The largest absolute Gasteiger partial charge is 0.494 e. The van der Waals surface area contributed by atoms with E-state index in [2.05, 4.69) is 10.5 Å². The molecule has 1 N–H and O–H groups in total. The Morgan fingerprint density at radius 3 is 3.05 bits per heavy atom. The van der Waals surface area contributed by atoms with E-state index in [1.165, 1.54) is 6.26 Å². The Labute approximate surface area is 110 Å². The number of hydrazone groups is 1. The summed E-state index contributed by atoms with van der Waals surface area (Å²) in [6.45, 7) is 2.53. The van der Waals surface area contributed by atoms with Crippen molar-refractivity contribution in [1.29, 1.82) is 0 Å². The molecule has 0 aliphatic heterocycles. The number of carbonyl (C=O) groups excluding carboxylic acids is 1. The lowest BCUT2D eigenvalue weighted by Gasteiger charge is -2.02. The molecule has 0 fully saturated rings. The van der Waals surface area contributed by atoms with Gasteiger partial charge < -0.3 is 9.15 Å². The van der Waals surface area contributed by atoms with Crippen LogP contribution in [-0.2, 0) is 0 Å².